The molecule has 1 aliphatic heterocycles. The summed E-state index contributed by atoms with van der Waals surface area (Å²) in [5, 5.41) is 8.79. The highest BCUT2D eigenvalue weighted by molar-refractivity contribution is 6.03. The van der Waals surface area contributed by atoms with Crippen molar-refractivity contribution in [2.75, 3.05) is 17.2 Å². The average Bonchev–Trinajstić information content (AvgIpc) is 2.49. The van der Waals surface area contributed by atoms with E-state index >= 15 is 0 Å². The van der Waals surface area contributed by atoms with Crippen LogP contribution in [0, 0.1) is 0 Å². The number of nitrogens with two attached hydrogens (primary N) is 1. The van der Waals surface area contributed by atoms with Crippen LogP contribution < -0.4 is 15.4 Å². The maximum Gasteiger partial charge on any atom is 0.303 e. The fraction of sp³-hybridized carbons (Fsp3) is 0.500. The topological polar surface area (TPSA) is 92.9 Å². The number of rotatable bonds is 6. The monoisotopic (exact) mass is 306 g/mol. The first-order valence-electron chi connectivity index (χ1n) is 7.56. The van der Waals surface area contributed by atoms with Crippen LogP contribution in [0.1, 0.15) is 39.5 Å². The summed E-state index contributed by atoms with van der Waals surface area (Å²) in [6.45, 7) is 4.18. The number of nitrogen functional groups attached to an aromatic ring is 1. The summed E-state index contributed by atoms with van der Waals surface area (Å²) in [4.78, 5) is 25.2. The molecule has 0 spiro atoms. The van der Waals surface area contributed by atoms with Gasteiger partial charge in [0.2, 0.25) is 0 Å². The van der Waals surface area contributed by atoms with Crippen LogP contribution in [0.4, 0.5) is 11.4 Å². The standard InChI is InChI=1S/C16H22N2O4/c1-3-16(4-2)15(21)18(9-5-6-14(19)20)12-8-7-11(17)10-13(12)22-16/h7-8,10H,3-6,9,17H2,1-2H3,(H,19,20). The van der Waals surface area contributed by atoms with Gasteiger partial charge in [0.1, 0.15) is 5.75 Å². The largest absolute Gasteiger partial charge is 0.481 e. The van der Waals surface area contributed by atoms with Crippen LogP contribution in [-0.4, -0.2) is 29.1 Å². The van der Waals surface area contributed by atoms with E-state index < -0.39 is 11.6 Å². The molecule has 0 bridgehead atoms. The molecule has 1 aromatic carbocycles. The van der Waals surface area contributed by atoms with E-state index in [4.69, 9.17) is 15.6 Å². The number of amides is 1. The van der Waals surface area contributed by atoms with Crippen LogP contribution in [0.2, 0.25) is 0 Å². The van der Waals surface area contributed by atoms with E-state index in [1.807, 2.05) is 13.8 Å². The summed E-state index contributed by atoms with van der Waals surface area (Å²) in [7, 11) is 0. The van der Waals surface area contributed by atoms with Gasteiger partial charge in [-0.15, -0.1) is 0 Å². The van der Waals surface area contributed by atoms with Crippen molar-refractivity contribution < 1.29 is 19.4 Å². The fourth-order valence-corrected chi connectivity index (χ4v) is 2.75. The average molecular weight is 306 g/mol. The first kappa shape index (κ1) is 16.1. The molecule has 0 radical (unpaired) electrons. The van der Waals surface area contributed by atoms with Crippen molar-refractivity contribution in [3.05, 3.63) is 18.2 Å². The molecule has 1 aliphatic rings. The van der Waals surface area contributed by atoms with Crippen LogP contribution in [0.15, 0.2) is 18.2 Å². The molecule has 3 N–H and O–H groups in total. The highest BCUT2D eigenvalue weighted by Gasteiger charge is 2.45. The minimum atomic E-state index is -0.899. The Morgan fingerprint density at radius 3 is 2.64 bits per heavy atom. The molecule has 0 fully saturated rings. The number of hydrogen-bond donors (Lipinski definition) is 2. The molecule has 0 atom stereocenters. The molecule has 22 heavy (non-hydrogen) atoms. The third-order valence-electron chi connectivity index (χ3n) is 4.13. The number of ether oxygens (including phenoxy) is 1. The van der Waals surface area contributed by atoms with Crippen LogP contribution in [0.5, 0.6) is 5.75 Å². The number of nitrogens with zero attached hydrogens (tertiary/aromatic N) is 1. The maximum atomic E-state index is 12.9. The van der Waals surface area contributed by atoms with Gasteiger partial charge in [0.05, 0.1) is 5.69 Å². The summed E-state index contributed by atoms with van der Waals surface area (Å²) in [6, 6.07) is 5.18. The van der Waals surface area contributed by atoms with E-state index in [0.717, 1.165) is 0 Å². The molecule has 1 amide bonds. The summed E-state index contributed by atoms with van der Waals surface area (Å²) >= 11 is 0. The quantitative estimate of drug-likeness (QED) is 0.787. The minimum Gasteiger partial charge on any atom is -0.481 e. The maximum absolute atomic E-state index is 12.9. The van der Waals surface area contributed by atoms with E-state index in [0.29, 0.717) is 42.9 Å². The molecule has 0 aromatic heterocycles. The van der Waals surface area contributed by atoms with Crippen LogP contribution >= 0.6 is 0 Å². The number of carbonyl (C=O) groups is 2. The molecule has 1 aromatic rings. The lowest BCUT2D eigenvalue weighted by Gasteiger charge is -2.42. The predicted octanol–water partition coefficient (Wildman–Crippen LogP) is 2.42. The smallest absolute Gasteiger partial charge is 0.303 e. The molecule has 120 valence electrons. The van der Waals surface area contributed by atoms with Crippen LogP contribution in [0.25, 0.3) is 0 Å². The summed E-state index contributed by atoms with van der Waals surface area (Å²) in [5.41, 5.74) is 6.14. The van der Waals surface area contributed by atoms with Crippen molar-refractivity contribution >= 4 is 23.3 Å². The van der Waals surface area contributed by atoms with Gasteiger partial charge in [-0.25, -0.2) is 0 Å². The van der Waals surface area contributed by atoms with Crippen molar-refractivity contribution in [3.63, 3.8) is 0 Å². The van der Waals surface area contributed by atoms with Gasteiger partial charge in [-0.05, 0) is 31.4 Å². The van der Waals surface area contributed by atoms with E-state index in [-0.39, 0.29) is 12.3 Å². The Kier molecular flexibility index (Phi) is 4.59. The lowest BCUT2D eigenvalue weighted by molar-refractivity contribution is -0.138. The first-order valence-corrected chi connectivity index (χ1v) is 7.56. The van der Waals surface area contributed by atoms with Gasteiger partial charge in [-0.2, -0.15) is 0 Å². The zero-order valence-electron chi connectivity index (χ0n) is 13.0. The second-order valence-electron chi connectivity index (χ2n) is 5.48. The van der Waals surface area contributed by atoms with Gasteiger partial charge in [-0.1, -0.05) is 13.8 Å². The van der Waals surface area contributed by atoms with Gasteiger partial charge in [-0.3, -0.25) is 9.59 Å². The van der Waals surface area contributed by atoms with E-state index in [1.165, 1.54) is 0 Å². The van der Waals surface area contributed by atoms with Crippen molar-refractivity contribution in [1.29, 1.82) is 0 Å². The normalized spacial score (nSPS) is 16.1. The van der Waals surface area contributed by atoms with Crippen molar-refractivity contribution in [3.8, 4) is 5.75 Å². The molecule has 0 saturated heterocycles. The van der Waals surface area contributed by atoms with E-state index in [2.05, 4.69) is 0 Å². The molecular weight excluding hydrogens is 284 g/mol. The number of carbonyl (C=O) groups excluding carboxylic acids is 1. The molecule has 6 heteroatoms. The van der Waals surface area contributed by atoms with Crippen LogP contribution in [0.3, 0.4) is 0 Å². The molecule has 0 saturated carbocycles. The number of fused-ring (bicyclic) bond motifs is 1. The fourth-order valence-electron chi connectivity index (χ4n) is 2.75. The molecule has 6 nitrogen and oxygen atoms in total. The van der Waals surface area contributed by atoms with Crippen molar-refractivity contribution in [2.45, 2.75) is 45.1 Å². The molecule has 1 heterocycles. The highest BCUT2D eigenvalue weighted by atomic mass is 16.5. The summed E-state index contributed by atoms with van der Waals surface area (Å²) in [5.74, 6) is -0.394. The number of benzene rings is 1. The van der Waals surface area contributed by atoms with Gasteiger partial charge in [0.25, 0.3) is 5.91 Å². The SMILES string of the molecule is CCC1(CC)Oc2cc(N)ccc2N(CCCC(=O)O)C1=O. The Bertz CT molecular complexity index is 582. The van der Waals surface area contributed by atoms with Gasteiger partial charge >= 0.3 is 5.97 Å². The summed E-state index contributed by atoms with van der Waals surface area (Å²) < 4.78 is 5.98. The Labute approximate surface area is 129 Å². The van der Waals surface area contributed by atoms with E-state index in [9.17, 15) is 9.59 Å². The highest BCUT2D eigenvalue weighted by Crippen LogP contribution is 2.41. The second kappa shape index (κ2) is 6.25. The third kappa shape index (κ3) is 2.86. The number of hydrogen-bond acceptors (Lipinski definition) is 4. The number of carboxylic acid groups (broad SMARTS) is 1. The zero-order chi connectivity index (χ0) is 16.3. The molecule has 2 rings (SSSR count). The van der Waals surface area contributed by atoms with Crippen molar-refractivity contribution in [2.24, 2.45) is 0 Å². The summed E-state index contributed by atoms with van der Waals surface area (Å²) in [6.07, 6.45) is 1.52. The molecule has 0 unspecified atom stereocenters. The van der Waals surface area contributed by atoms with E-state index in [1.54, 1.807) is 23.1 Å². The first-order chi connectivity index (χ1) is 10.4. The Hall–Kier alpha value is -2.24. The number of carboxylic acids is 1. The lowest BCUT2D eigenvalue weighted by atomic mass is 9.92. The Morgan fingerprint density at radius 2 is 2.05 bits per heavy atom. The van der Waals surface area contributed by atoms with Gasteiger partial charge in [0, 0.05) is 24.7 Å². The molecular formula is C16H22N2O4. The number of aliphatic carboxylic acids is 1. The van der Waals surface area contributed by atoms with Gasteiger partial charge in [0.15, 0.2) is 5.60 Å². The predicted molar refractivity (Wildman–Crippen MR) is 84.0 cm³/mol. The third-order valence-corrected chi connectivity index (χ3v) is 4.13. The lowest BCUT2D eigenvalue weighted by Crippen LogP contribution is -2.55. The minimum absolute atomic E-state index is 0.0280. The Morgan fingerprint density at radius 1 is 1.36 bits per heavy atom. The Balaban J connectivity index is 2.36. The zero-order valence-corrected chi connectivity index (χ0v) is 13.0. The van der Waals surface area contributed by atoms with Crippen molar-refractivity contribution in [1.82, 2.24) is 0 Å². The number of anilines is 2. The second-order valence-corrected chi connectivity index (χ2v) is 5.48. The van der Waals surface area contributed by atoms with Crippen LogP contribution in [-0.2, 0) is 9.59 Å². The van der Waals surface area contributed by atoms with Gasteiger partial charge < -0.3 is 20.5 Å². The molecule has 0 aliphatic carbocycles.